The molecule has 4 nitrogen and oxygen atoms in total. The Kier molecular flexibility index (Phi) is 4.37. The molecule has 2 aromatic rings. The monoisotopic (exact) mass is 322 g/mol. The molecule has 1 aromatic carbocycles. The van der Waals surface area contributed by atoms with E-state index in [1.165, 1.54) is 0 Å². The highest BCUT2D eigenvalue weighted by molar-refractivity contribution is 9.10. The van der Waals surface area contributed by atoms with Gasteiger partial charge in [-0.05, 0) is 36.6 Å². The van der Waals surface area contributed by atoms with Gasteiger partial charge >= 0.3 is 5.97 Å². The summed E-state index contributed by atoms with van der Waals surface area (Å²) in [4.78, 5) is 11.4. The van der Waals surface area contributed by atoms with Crippen molar-refractivity contribution in [2.75, 3.05) is 0 Å². The van der Waals surface area contributed by atoms with Crippen molar-refractivity contribution >= 4 is 21.9 Å². The first-order valence-corrected chi connectivity index (χ1v) is 6.82. The summed E-state index contributed by atoms with van der Waals surface area (Å²) >= 11 is 3.35. The van der Waals surface area contributed by atoms with E-state index in [1.807, 2.05) is 37.4 Å². The van der Waals surface area contributed by atoms with E-state index in [9.17, 15) is 9.90 Å². The fourth-order valence-electron chi connectivity index (χ4n) is 2.07. The lowest BCUT2D eigenvalue weighted by Crippen LogP contribution is -2.13. The molecule has 5 heteroatoms. The summed E-state index contributed by atoms with van der Waals surface area (Å²) in [5.74, 6) is -1.27. The number of hydrogen-bond acceptors (Lipinski definition) is 2. The van der Waals surface area contributed by atoms with Gasteiger partial charge < -0.3 is 5.11 Å². The highest BCUT2D eigenvalue weighted by Gasteiger charge is 2.20. The molecule has 1 N–H and O–H groups in total. The molecule has 1 atom stereocenters. The van der Waals surface area contributed by atoms with Crippen molar-refractivity contribution in [3.05, 3.63) is 52.3 Å². The van der Waals surface area contributed by atoms with Gasteiger partial charge in [-0.2, -0.15) is 5.10 Å². The lowest BCUT2D eigenvalue weighted by atomic mass is 9.94. The van der Waals surface area contributed by atoms with Gasteiger partial charge in [0.2, 0.25) is 0 Å². The molecular formula is C14H15BrN2O2. The van der Waals surface area contributed by atoms with Gasteiger partial charge in [-0.15, -0.1) is 0 Å². The molecule has 1 unspecified atom stereocenters. The van der Waals surface area contributed by atoms with Crippen LogP contribution in [0.3, 0.4) is 0 Å². The third-order valence-electron chi connectivity index (χ3n) is 3.18. The zero-order valence-electron chi connectivity index (χ0n) is 10.6. The Hall–Kier alpha value is -1.62. The molecule has 0 aliphatic heterocycles. The van der Waals surface area contributed by atoms with Crippen LogP contribution in [0.4, 0.5) is 0 Å². The number of halogens is 1. The molecule has 0 radical (unpaired) electrons. The van der Waals surface area contributed by atoms with E-state index in [0.29, 0.717) is 12.8 Å². The molecule has 0 aliphatic rings. The van der Waals surface area contributed by atoms with Crippen molar-refractivity contribution in [3.63, 3.8) is 0 Å². The third kappa shape index (κ3) is 3.44. The van der Waals surface area contributed by atoms with Gasteiger partial charge in [0, 0.05) is 23.4 Å². The largest absolute Gasteiger partial charge is 0.481 e. The molecule has 0 aliphatic carbocycles. The molecule has 19 heavy (non-hydrogen) atoms. The van der Waals surface area contributed by atoms with Crippen LogP contribution in [0.5, 0.6) is 0 Å². The maximum absolute atomic E-state index is 11.4. The van der Waals surface area contributed by atoms with E-state index in [-0.39, 0.29) is 0 Å². The summed E-state index contributed by atoms with van der Waals surface area (Å²) in [5.41, 5.74) is 1.88. The van der Waals surface area contributed by atoms with Crippen LogP contribution in [0.25, 0.3) is 0 Å². The second-order valence-corrected chi connectivity index (χ2v) is 5.34. The highest BCUT2D eigenvalue weighted by atomic mass is 79.9. The normalized spacial score (nSPS) is 12.3. The molecular weight excluding hydrogens is 308 g/mol. The van der Waals surface area contributed by atoms with Crippen LogP contribution in [0.2, 0.25) is 0 Å². The van der Waals surface area contributed by atoms with E-state index in [2.05, 4.69) is 21.0 Å². The fourth-order valence-corrected chi connectivity index (χ4v) is 2.33. The number of carboxylic acid groups (broad SMARTS) is 1. The van der Waals surface area contributed by atoms with Gasteiger partial charge in [-0.3, -0.25) is 9.48 Å². The van der Waals surface area contributed by atoms with Gasteiger partial charge in [0.15, 0.2) is 0 Å². The summed E-state index contributed by atoms with van der Waals surface area (Å²) in [5, 5.41) is 13.4. The van der Waals surface area contributed by atoms with Crippen molar-refractivity contribution in [2.45, 2.75) is 18.8 Å². The topological polar surface area (TPSA) is 55.1 Å². The van der Waals surface area contributed by atoms with Crippen LogP contribution in [-0.4, -0.2) is 20.9 Å². The van der Waals surface area contributed by atoms with Crippen LogP contribution in [0.1, 0.15) is 23.6 Å². The van der Waals surface area contributed by atoms with Crippen molar-refractivity contribution in [1.82, 2.24) is 9.78 Å². The number of nitrogens with zero attached hydrogens (tertiary/aromatic N) is 2. The van der Waals surface area contributed by atoms with Crippen LogP contribution in [-0.2, 0) is 18.3 Å². The molecule has 0 fully saturated rings. The molecule has 0 saturated heterocycles. The minimum absolute atomic E-state index is 0.483. The molecule has 0 saturated carbocycles. The molecule has 0 amide bonds. The minimum atomic E-state index is -0.788. The van der Waals surface area contributed by atoms with Gasteiger partial charge in [0.05, 0.1) is 5.92 Å². The Labute approximate surface area is 120 Å². The van der Waals surface area contributed by atoms with Crippen LogP contribution >= 0.6 is 15.9 Å². The van der Waals surface area contributed by atoms with E-state index >= 15 is 0 Å². The van der Waals surface area contributed by atoms with Gasteiger partial charge in [0.25, 0.3) is 0 Å². The van der Waals surface area contributed by atoms with Crippen molar-refractivity contribution in [1.29, 1.82) is 0 Å². The Balaban J connectivity index is 2.11. The van der Waals surface area contributed by atoms with Gasteiger partial charge in [0.1, 0.15) is 0 Å². The van der Waals surface area contributed by atoms with E-state index in [4.69, 9.17) is 0 Å². The highest BCUT2D eigenvalue weighted by Crippen LogP contribution is 2.23. The summed E-state index contributed by atoms with van der Waals surface area (Å²) in [6.45, 7) is 0. The third-order valence-corrected chi connectivity index (χ3v) is 3.71. The lowest BCUT2D eigenvalue weighted by Gasteiger charge is -2.13. The molecule has 100 valence electrons. The minimum Gasteiger partial charge on any atom is -0.481 e. The number of carbonyl (C=O) groups is 1. The summed E-state index contributed by atoms with van der Waals surface area (Å²) < 4.78 is 2.73. The van der Waals surface area contributed by atoms with Crippen LogP contribution in [0.15, 0.2) is 41.0 Å². The smallest absolute Gasteiger partial charge is 0.310 e. The second kappa shape index (κ2) is 6.02. The zero-order chi connectivity index (χ0) is 13.8. The van der Waals surface area contributed by atoms with Crippen molar-refractivity contribution in [2.24, 2.45) is 7.05 Å². The fraction of sp³-hybridized carbons (Fsp3) is 0.286. The Morgan fingerprint density at radius 3 is 2.58 bits per heavy atom. The quantitative estimate of drug-likeness (QED) is 0.920. The molecule has 0 bridgehead atoms. The molecule has 1 heterocycles. The first kappa shape index (κ1) is 13.8. The number of rotatable bonds is 5. The van der Waals surface area contributed by atoms with E-state index in [0.717, 1.165) is 15.7 Å². The average Bonchev–Trinajstić information content (AvgIpc) is 2.77. The SMILES string of the molecule is Cn1nccc1CCC(C(=O)O)c1ccc(Br)cc1. The van der Waals surface area contributed by atoms with Gasteiger partial charge in [-0.25, -0.2) is 0 Å². The van der Waals surface area contributed by atoms with E-state index in [1.54, 1.807) is 10.9 Å². The number of aliphatic carboxylic acids is 1. The van der Waals surface area contributed by atoms with Crippen molar-refractivity contribution in [3.8, 4) is 0 Å². The lowest BCUT2D eigenvalue weighted by molar-refractivity contribution is -0.138. The predicted molar refractivity (Wildman–Crippen MR) is 76.0 cm³/mol. The maximum atomic E-state index is 11.4. The Morgan fingerprint density at radius 2 is 2.05 bits per heavy atom. The number of benzene rings is 1. The number of hydrogen-bond donors (Lipinski definition) is 1. The van der Waals surface area contributed by atoms with Gasteiger partial charge in [-0.1, -0.05) is 28.1 Å². The Bertz CT molecular complexity index is 563. The maximum Gasteiger partial charge on any atom is 0.310 e. The summed E-state index contributed by atoms with van der Waals surface area (Å²) in [6, 6.07) is 9.36. The average molecular weight is 323 g/mol. The zero-order valence-corrected chi connectivity index (χ0v) is 12.2. The van der Waals surface area contributed by atoms with E-state index < -0.39 is 11.9 Å². The molecule has 0 spiro atoms. The van der Waals surface area contributed by atoms with Crippen molar-refractivity contribution < 1.29 is 9.90 Å². The molecule has 1 aromatic heterocycles. The first-order chi connectivity index (χ1) is 9.08. The number of aromatic nitrogens is 2. The summed E-state index contributed by atoms with van der Waals surface area (Å²) in [6.07, 6.45) is 2.99. The Morgan fingerprint density at radius 1 is 1.37 bits per heavy atom. The number of aryl methyl sites for hydroxylation is 2. The van der Waals surface area contributed by atoms with Crippen LogP contribution in [0, 0.1) is 0 Å². The standard InChI is InChI=1S/C14H15BrN2O2/c1-17-12(8-9-16-17)6-7-13(14(18)19)10-2-4-11(15)5-3-10/h2-5,8-9,13H,6-7H2,1H3,(H,18,19). The first-order valence-electron chi connectivity index (χ1n) is 6.03. The number of carboxylic acids is 1. The van der Waals surface area contributed by atoms with Crippen LogP contribution < -0.4 is 0 Å². The predicted octanol–water partition coefficient (Wildman–Crippen LogP) is 2.98. The second-order valence-electron chi connectivity index (χ2n) is 4.43. The summed E-state index contributed by atoms with van der Waals surface area (Å²) in [7, 11) is 1.87. The molecule has 2 rings (SSSR count).